The van der Waals surface area contributed by atoms with Gasteiger partial charge in [0.1, 0.15) is 11.3 Å². The third-order valence-electron chi connectivity index (χ3n) is 3.04. The van der Waals surface area contributed by atoms with Crippen LogP contribution in [0.3, 0.4) is 0 Å². The smallest absolute Gasteiger partial charge is 0.284 e. The average Bonchev–Trinajstić information content (AvgIpc) is 2.82. The van der Waals surface area contributed by atoms with E-state index in [4.69, 9.17) is 10.2 Å². The molecule has 6 heteroatoms. The number of fused-ring (bicyclic) bond motifs is 1. The molecule has 0 radical (unpaired) electrons. The fraction of sp³-hybridized carbons (Fsp3) is 0.333. The predicted octanol–water partition coefficient (Wildman–Crippen LogP) is 0.336. The third kappa shape index (κ3) is 1.91. The minimum Gasteiger partial charge on any atom is -0.449 e. The zero-order valence-electron chi connectivity index (χ0n) is 9.85. The molecule has 1 fully saturated rings. The number of furan rings is 1. The van der Waals surface area contributed by atoms with E-state index in [0.29, 0.717) is 11.1 Å². The number of primary amides is 1. The Morgan fingerprint density at radius 2 is 2.17 bits per heavy atom. The van der Waals surface area contributed by atoms with Crippen LogP contribution in [0.1, 0.15) is 10.6 Å². The first kappa shape index (κ1) is 11.0. The van der Waals surface area contributed by atoms with E-state index in [1.807, 2.05) is 12.1 Å². The highest BCUT2D eigenvalue weighted by atomic mass is 16.3. The average molecular weight is 246 g/mol. The maximum atomic E-state index is 11.0. The molecule has 2 aromatic rings. The van der Waals surface area contributed by atoms with Gasteiger partial charge in [0, 0.05) is 32.2 Å². The van der Waals surface area contributed by atoms with Gasteiger partial charge < -0.3 is 20.4 Å². The van der Waals surface area contributed by atoms with Crippen LogP contribution >= 0.6 is 0 Å². The molecule has 3 heterocycles. The highest BCUT2D eigenvalue weighted by Gasteiger charge is 2.14. The van der Waals surface area contributed by atoms with E-state index in [1.54, 1.807) is 6.07 Å². The number of carbonyl (C=O) groups is 1. The third-order valence-corrected chi connectivity index (χ3v) is 3.04. The molecule has 0 aliphatic carbocycles. The molecule has 0 saturated carbocycles. The molecule has 0 bridgehead atoms. The van der Waals surface area contributed by atoms with Crippen molar-refractivity contribution < 1.29 is 9.21 Å². The molecule has 0 atom stereocenters. The molecule has 1 aliphatic rings. The zero-order valence-corrected chi connectivity index (χ0v) is 9.85. The van der Waals surface area contributed by atoms with Gasteiger partial charge in [-0.15, -0.1) is 0 Å². The molecule has 94 valence electrons. The van der Waals surface area contributed by atoms with Crippen LogP contribution in [0.25, 0.3) is 11.1 Å². The monoisotopic (exact) mass is 246 g/mol. The molecule has 6 nitrogen and oxygen atoms in total. The molecule has 1 aliphatic heterocycles. The lowest BCUT2D eigenvalue weighted by atomic mass is 10.3. The largest absolute Gasteiger partial charge is 0.449 e. The maximum absolute atomic E-state index is 11.0. The molecule has 0 aromatic carbocycles. The summed E-state index contributed by atoms with van der Waals surface area (Å²) in [5.41, 5.74) is 6.43. The van der Waals surface area contributed by atoms with Crippen LogP contribution in [-0.2, 0) is 0 Å². The van der Waals surface area contributed by atoms with Crippen LogP contribution in [0, 0.1) is 0 Å². The van der Waals surface area contributed by atoms with Gasteiger partial charge in [-0.25, -0.2) is 4.98 Å². The lowest BCUT2D eigenvalue weighted by Gasteiger charge is -2.28. The molecule has 3 N–H and O–H groups in total. The lowest BCUT2D eigenvalue weighted by molar-refractivity contribution is 0.0976. The Bertz CT molecular complexity index is 587. The Labute approximate surface area is 104 Å². The topological polar surface area (TPSA) is 84.4 Å². The van der Waals surface area contributed by atoms with Gasteiger partial charge in [0.15, 0.2) is 11.3 Å². The van der Waals surface area contributed by atoms with E-state index in [2.05, 4.69) is 15.2 Å². The highest BCUT2D eigenvalue weighted by Crippen LogP contribution is 2.21. The van der Waals surface area contributed by atoms with Crippen molar-refractivity contribution in [1.29, 1.82) is 0 Å². The molecule has 0 spiro atoms. The van der Waals surface area contributed by atoms with E-state index >= 15 is 0 Å². The molecular weight excluding hydrogens is 232 g/mol. The van der Waals surface area contributed by atoms with Crippen molar-refractivity contribution >= 4 is 22.8 Å². The fourth-order valence-electron chi connectivity index (χ4n) is 2.10. The van der Waals surface area contributed by atoms with Crippen molar-refractivity contribution in [1.82, 2.24) is 10.3 Å². The van der Waals surface area contributed by atoms with Crippen LogP contribution in [0.5, 0.6) is 0 Å². The Hall–Kier alpha value is -2.08. The summed E-state index contributed by atoms with van der Waals surface area (Å²) >= 11 is 0. The van der Waals surface area contributed by atoms with Gasteiger partial charge in [-0.3, -0.25) is 4.79 Å². The Balaban J connectivity index is 1.96. The summed E-state index contributed by atoms with van der Waals surface area (Å²) in [5, 5.41) is 3.29. The number of amides is 1. The first-order valence-electron chi connectivity index (χ1n) is 5.90. The maximum Gasteiger partial charge on any atom is 0.284 e. The number of piperazine rings is 1. The number of nitrogens with one attached hydrogen (secondary N) is 1. The first-order valence-corrected chi connectivity index (χ1v) is 5.90. The van der Waals surface area contributed by atoms with E-state index in [9.17, 15) is 4.79 Å². The molecule has 1 amide bonds. The van der Waals surface area contributed by atoms with Gasteiger partial charge in [0.25, 0.3) is 5.91 Å². The van der Waals surface area contributed by atoms with Gasteiger partial charge >= 0.3 is 0 Å². The van der Waals surface area contributed by atoms with Gasteiger partial charge in [0.2, 0.25) is 0 Å². The summed E-state index contributed by atoms with van der Waals surface area (Å²) in [5.74, 6) is 0.479. The summed E-state index contributed by atoms with van der Waals surface area (Å²) in [6.07, 6.45) is 0. The van der Waals surface area contributed by atoms with Crippen LogP contribution in [0.2, 0.25) is 0 Å². The predicted molar refractivity (Wildman–Crippen MR) is 67.6 cm³/mol. The number of hydrogen-bond acceptors (Lipinski definition) is 5. The van der Waals surface area contributed by atoms with Crippen LogP contribution < -0.4 is 16.0 Å². The van der Waals surface area contributed by atoms with Crippen molar-refractivity contribution in [3.8, 4) is 0 Å². The van der Waals surface area contributed by atoms with Crippen LogP contribution in [0.4, 0.5) is 5.82 Å². The zero-order chi connectivity index (χ0) is 12.5. The molecule has 2 aromatic heterocycles. The standard InChI is InChI=1S/C12H14N4O2/c13-12(17)10-7-8-9(18-10)1-2-11(15-8)16-5-3-14-4-6-16/h1-2,7,14H,3-6H2,(H2,13,17). The number of anilines is 1. The summed E-state index contributed by atoms with van der Waals surface area (Å²) in [7, 11) is 0. The van der Waals surface area contributed by atoms with E-state index in [1.165, 1.54) is 0 Å². The van der Waals surface area contributed by atoms with Crippen LogP contribution in [0.15, 0.2) is 22.6 Å². The number of rotatable bonds is 2. The second kappa shape index (κ2) is 4.30. The van der Waals surface area contributed by atoms with Crippen molar-refractivity contribution in [2.24, 2.45) is 5.73 Å². The van der Waals surface area contributed by atoms with Crippen molar-refractivity contribution in [3.05, 3.63) is 24.0 Å². The second-order valence-corrected chi connectivity index (χ2v) is 4.26. The molecule has 18 heavy (non-hydrogen) atoms. The minimum absolute atomic E-state index is 0.148. The normalized spacial score (nSPS) is 16.1. The SMILES string of the molecule is NC(=O)c1cc2nc(N3CCNCC3)ccc2o1. The van der Waals surface area contributed by atoms with Gasteiger partial charge in [0.05, 0.1) is 0 Å². The lowest BCUT2D eigenvalue weighted by Crippen LogP contribution is -2.43. The summed E-state index contributed by atoms with van der Waals surface area (Å²) < 4.78 is 5.30. The number of nitrogens with zero attached hydrogens (tertiary/aromatic N) is 2. The fourth-order valence-corrected chi connectivity index (χ4v) is 2.10. The van der Waals surface area contributed by atoms with Crippen molar-refractivity contribution in [3.63, 3.8) is 0 Å². The second-order valence-electron chi connectivity index (χ2n) is 4.26. The molecular formula is C12H14N4O2. The Morgan fingerprint density at radius 1 is 1.39 bits per heavy atom. The molecule has 3 rings (SSSR count). The Kier molecular flexibility index (Phi) is 2.64. The quantitative estimate of drug-likeness (QED) is 0.798. The summed E-state index contributed by atoms with van der Waals surface area (Å²) in [4.78, 5) is 17.7. The van der Waals surface area contributed by atoms with Gasteiger partial charge in [-0.1, -0.05) is 0 Å². The van der Waals surface area contributed by atoms with E-state index in [-0.39, 0.29) is 5.76 Å². The van der Waals surface area contributed by atoms with Crippen molar-refractivity contribution in [2.45, 2.75) is 0 Å². The van der Waals surface area contributed by atoms with E-state index in [0.717, 1.165) is 32.0 Å². The minimum atomic E-state index is -0.572. The summed E-state index contributed by atoms with van der Waals surface area (Å²) in [6, 6.07) is 5.32. The number of nitrogens with two attached hydrogens (primary N) is 1. The van der Waals surface area contributed by atoms with E-state index < -0.39 is 5.91 Å². The number of aromatic nitrogens is 1. The van der Waals surface area contributed by atoms with Gasteiger partial charge in [-0.2, -0.15) is 0 Å². The number of hydrogen-bond donors (Lipinski definition) is 2. The van der Waals surface area contributed by atoms with Crippen LogP contribution in [-0.4, -0.2) is 37.1 Å². The van der Waals surface area contributed by atoms with Crippen molar-refractivity contribution in [2.75, 3.05) is 31.1 Å². The van der Waals surface area contributed by atoms with Gasteiger partial charge in [-0.05, 0) is 12.1 Å². The molecule has 1 saturated heterocycles. The number of carbonyl (C=O) groups excluding carboxylic acids is 1. The first-order chi connectivity index (χ1) is 8.74. The number of pyridine rings is 1. The Morgan fingerprint density at radius 3 is 2.89 bits per heavy atom. The molecule has 0 unspecified atom stereocenters. The summed E-state index contributed by atoms with van der Waals surface area (Å²) in [6.45, 7) is 3.77. The highest BCUT2D eigenvalue weighted by molar-refractivity contribution is 5.94.